The monoisotopic (exact) mass is 348 g/mol. The molecule has 21 heavy (non-hydrogen) atoms. The van der Waals surface area contributed by atoms with E-state index in [1.165, 1.54) is 0 Å². The van der Waals surface area contributed by atoms with E-state index in [4.69, 9.17) is 4.74 Å². The Morgan fingerprint density at radius 3 is 2.67 bits per heavy atom. The standard InChI is InChI=1S/C16H17BrN2O2/c1-11(12-6-5-7-13(10-12)21-2)18-16(20)19-15-9-4-3-8-14(15)17/h3-11H,1-2H3,(H2,18,19,20)/t11-/m1/s1. The molecule has 0 aliphatic heterocycles. The summed E-state index contributed by atoms with van der Waals surface area (Å²) in [4.78, 5) is 12.0. The Kier molecular flexibility index (Phi) is 5.22. The van der Waals surface area contributed by atoms with Crippen molar-refractivity contribution in [3.05, 3.63) is 58.6 Å². The highest BCUT2D eigenvalue weighted by molar-refractivity contribution is 9.10. The summed E-state index contributed by atoms with van der Waals surface area (Å²) in [6.45, 7) is 1.92. The molecule has 0 radical (unpaired) electrons. The highest BCUT2D eigenvalue weighted by Crippen LogP contribution is 2.22. The first-order valence-electron chi connectivity index (χ1n) is 6.56. The molecule has 2 N–H and O–H groups in total. The second kappa shape index (κ2) is 7.13. The zero-order valence-corrected chi connectivity index (χ0v) is 13.5. The van der Waals surface area contributed by atoms with Crippen molar-refractivity contribution in [2.75, 3.05) is 12.4 Å². The molecule has 0 saturated heterocycles. The lowest BCUT2D eigenvalue weighted by atomic mass is 10.1. The molecule has 0 unspecified atom stereocenters. The van der Waals surface area contributed by atoms with Crippen molar-refractivity contribution in [2.24, 2.45) is 0 Å². The van der Waals surface area contributed by atoms with Crippen molar-refractivity contribution < 1.29 is 9.53 Å². The van der Waals surface area contributed by atoms with Crippen molar-refractivity contribution in [1.82, 2.24) is 5.32 Å². The topological polar surface area (TPSA) is 50.4 Å². The van der Waals surface area contributed by atoms with Gasteiger partial charge < -0.3 is 15.4 Å². The Morgan fingerprint density at radius 2 is 1.95 bits per heavy atom. The predicted octanol–water partition coefficient (Wildman–Crippen LogP) is 4.34. The SMILES string of the molecule is COc1cccc([C@@H](C)NC(=O)Nc2ccccc2Br)c1. The van der Waals surface area contributed by atoms with E-state index in [0.29, 0.717) is 0 Å². The van der Waals surface area contributed by atoms with Crippen LogP contribution in [0.15, 0.2) is 53.0 Å². The number of amides is 2. The van der Waals surface area contributed by atoms with Gasteiger partial charge in [0.05, 0.1) is 18.8 Å². The summed E-state index contributed by atoms with van der Waals surface area (Å²) < 4.78 is 6.03. The van der Waals surface area contributed by atoms with Gasteiger partial charge in [-0.1, -0.05) is 24.3 Å². The van der Waals surface area contributed by atoms with E-state index in [9.17, 15) is 4.79 Å². The molecule has 0 spiro atoms. The number of urea groups is 1. The number of methoxy groups -OCH3 is 1. The van der Waals surface area contributed by atoms with Crippen LogP contribution in [-0.4, -0.2) is 13.1 Å². The largest absolute Gasteiger partial charge is 0.497 e. The molecular weight excluding hydrogens is 332 g/mol. The lowest BCUT2D eigenvalue weighted by Crippen LogP contribution is -2.31. The lowest BCUT2D eigenvalue weighted by molar-refractivity contribution is 0.249. The van der Waals surface area contributed by atoms with Crippen molar-refractivity contribution in [1.29, 1.82) is 0 Å². The van der Waals surface area contributed by atoms with E-state index in [1.54, 1.807) is 7.11 Å². The number of hydrogen-bond acceptors (Lipinski definition) is 2. The highest BCUT2D eigenvalue weighted by Gasteiger charge is 2.11. The molecule has 0 aliphatic carbocycles. The van der Waals surface area contributed by atoms with Gasteiger partial charge in [-0.05, 0) is 52.7 Å². The number of hydrogen-bond donors (Lipinski definition) is 2. The number of nitrogens with one attached hydrogen (secondary N) is 2. The quantitative estimate of drug-likeness (QED) is 0.863. The fraction of sp³-hybridized carbons (Fsp3) is 0.188. The molecule has 0 aliphatic rings. The maximum Gasteiger partial charge on any atom is 0.319 e. The summed E-state index contributed by atoms with van der Waals surface area (Å²) in [5.74, 6) is 0.771. The maximum atomic E-state index is 12.0. The number of ether oxygens (including phenoxy) is 1. The fourth-order valence-corrected chi connectivity index (χ4v) is 2.30. The van der Waals surface area contributed by atoms with Crippen molar-refractivity contribution in [3.8, 4) is 5.75 Å². The molecule has 2 aromatic carbocycles. The van der Waals surface area contributed by atoms with E-state index >= 15 is 0 Å². The Hall–Kier alpha value is -2.01. The van der Waals surface area contributed by atoms with Crippen molar-refractivity contribution >= 4 is 27.6 Å². The van der Waals surface area contributed by atoms with Gasteiger partial charge in [0.1, 0.15) is 5.75 Å². The minimum absolute atomic E-state index is 0.123. The summed E-state index contributed by atoms with van der Waals surface area (Å²) >= 11 is 3.40. The van der Waals surface area contributed by atoms with Gasteiger partial charge in [-0.2, -0.15) is 0 Å². The molecule has 5 heteroatoms. The number of carbonyl (C=O) groups is 1. The second-order valence-corrected chi connectivity index (χ2v) is 5.43. The molecule has 110 valence electrons. The van der Waals surface area contributed by atoms with Crippen LogP contribution in [-0.2, 0) is 0 Å². The number of carbonyl (C=O) groups excluding carboxylic acids is 1. The van der Waals surface area contributed by atoms with Crippen LogP contribution in [0.3, 0.4) is 0 Å². The molecule has 2 amide bonds. The minimum atomic E-state index is -0.253. The minimum Gasteiger partial charge on any atom is -0.497 e. The molecule has 0 saturated carbocycles. The van der Waals surface area contributed by atoms with Gasteiger partial charge >= 0.3 is 6.03 Å². The summed E-state index contributed by atoms with van der Waals surface area (Å²) in [6, 6.07) is 14.7. The van der Waals surface area contributed by atoms with E-state index in [-0.39, 0.29) is 12.1 Å². The van der Waals surface area contributed by atoms with Gasteiger partial charge in [0.2, 0.25) is 0 Å². The number of rotatable bonds is 4. The second-order valence-electron chi connectivity index (χ2n) is 4.58. The zero-order chi connectivity index (χ0) is 15.2. The highest BCUT2D eigenvalue weighted by atomic mass is 79.9. The first-order valence-corrected chi connectivity index (χ1v) is 7.35. The molecule has 1 atom stereocenters. The van der Waals surface area contributed by atoms with Gasteiger partial charge in [-0.15, -0.1) is 0 Å². The van der Waals surface area contributed by atoms with Crippen LogP contribution in [0.5, 0.6) is 5.75 Å². The van der Waals surface area contributed by atoms with Crippen molar-refractivity contribution in [3.63, 3.8) is 0 Å². The molecule has 0 bridgehead atoms. The van der Waals surface area contributed by atoms with Crippen LogP contribution in [0.1, 0.15) is 18.5 Å². The van der Waals surface area contributed by atoms with E-state index < -0.39 is 0 Å². The predicted molar refractivity (Wildman–Crippen MR) is 87.7 cm³/mol. The van der Waals surface area contributed by atoms with E-state index in [0.717, 1.165) is 21.5 Å². The smallest absolute Gasteiger partial charge is 0.319 e. The average Bonchev–Trinajstić information content (AvgIpc) is 2.49. The average molecular weight is 349 g/mol. The third kappa shape index (κ3) is 4.23. The Morgan fingerprint density at radius 1 is 1.19 bits per heavy atom. The first kappa shape index (κ1) is 15.4. The lowest BCUT2D eigenvalue weighted by Gasteiger charge is -2.16. The third-order valence-corrected chi connectivity index (χ3v) is 3.75. The van der Waals surface area contributed by atoms with Crippen LogP contribution in [0.25, 0.3) is 0 Å². The van der Waals surface area contributed by atoms with Gasteiger partial charge in [-0.3, -0.25) is 0 Å². The Labute approximate surface area is 132 Å². The van der Waals surface area contributed by atoms with Crippen LogP contribution in [0.2, 0.25) is 0 Å². The van der Waals surface area contributed by atoms with E-state index in [2.05, 4.69) is 26.6 Å². The Bertz CT molecular complexity index is 631. The van der Waals surface area contributed by atoms with Crippen LogP contribution >= 0.6 is 15.9 Å². The number of benzene rings is 2. The number of halogens is 1. The molecule has 4 nitrogen and oxygen atoms in total. The first-order chi connectivity index (χ1) is 10.1. The van der Waals surface area contributed by atoms with Crippen LogP contribution in [0.4, 0.5) is 10.5 Å². The zero-order valence-electron chi connectivity index (χ0n) is 11.9. The van der Waals surface area contributed by atoms with Gasteiger partial charge in [-0.25, -0.2) is 4.79 Å². The van der Waals surface area contributed by atoms with Gasteiger partial charge in [0.25, 0.3) is 0 Å². The van der Waals surface area contributed by atoms with Crippen molar-refractivity contribution in [2.45, 2.75) is 13.0 Å². The normalized spacial score (nSPS) is 11.6. The fourth-order valence-electron chi connectivity index (χ4n) is 1.91. The maximum absolute atomic E-state index is 12.0. The molecule has 0 aromatic heterocycles. The Balaban J connectivity index is 2.00. The molecule has 2 aromatic rings. The molecule has 2 rings (SSSR count). The third-order valence-electron chi connectivity index (χ3n) is 3.06. The van der Waals surface area contributed by atoms with Crippen LogP contribution < -0.4 is 15.4 Å². The summed E-state index contributed by atoms with van der Waals surface area (Å²) in [6.07, 6.45) is 0. The van der Waals surface area contributed by atoms with Crippen LogP contribution in [0, 0.1) is 0 Å². The van der Waals surface area contributed by atoms with Gasteiger partial charge in [0, 0.05) is 4.47 Å². The summed E-state index contributed by atoms with van der Waals surface area (Å²) in [5, 5.41) is 5.71. The summed E-state index contributed by atoms with van der Waals surface area (Å²) in [5.41, 5.74) is 1.71. The van der Waals surface area contributed by atoms with E-state index in [1.807, 2.05) is 55.5 Å². The number of para-hydroxylation sites is 1. The molecular formula is C16H17BrN2O2. The number of anilines is 1. The molecule has 0 heterocycles. The van der Waals surface area contributed by atoms with Gasteiger partial charge in [0.15, 0.2) is 0 Å². The summed E-state index contributed by atoms with van der Waals surface area (Å²) in [7, 11) is 1.62. The molecule has 0 fully saturated rings.